The summed E-state index contributed by atoms with van der Waals surface area (Å²) in [4.78, 5) is 26.8. The highest BCUT2D eigenvalue weighted by molar-refractivity contribution is 5.93. The molecule has 0 saturated carbocycles. The van der Waals surface area contributed by atoms with Crippen LogP contribution in [0.1, 0.15) is 40.5 Å². The van der Waals surface area contributed by atoms with Gasteiger partial charge >= 0.3 is 0 Å². The number of anilines is 1. The number of carbonyl (C=O) groups excluding carboxylic acids is 2. The third-order valence-electron chi connectivity index (χ3n) is 4.13. The van der Waals surface area contributed by atoms with Gasteiger partial charge in [0.2, 0.25) is 11.8 Å². The van der Waals surface area contributed by atoms with Crippen molar-refractivity contribution < 1.29 is 14.3 Å². The maximum absolute atomic E-state index is 12.6. The zero-order chi connectivity index (χ0) is 17.7. The molecule has 1 aliphatic heterocycles. The van der Waals surface area contributed by atoms with Crippen LogP contribution in [0.25, 0.3) is 0 Å². The second kappa shape index (κ2) is 7.69. The van der Waals surface area contributed by atoms with E-state index in [0.717, 1.165) is 30.8 Å². The summed E-state index contributed by atoms with van der Waals surface area (Å²) in [5.74, 6) is 0.651. The van der Waals surface area contributed by atoms with E-state index in [2.05, 4.69) is 5.32 Å². The highest BCUT2D eigenvalue weighted by atomic mass is 16.5. The lowest BCUT2D eigenvalue weighted by atomic mass is 9.91. The molecule has 1 fully saturated rings. The quantitative estimate of drug-likeness (QED) is 0.920. The minimum Gasteiger partial charge on any atom is -0.494 e. The van der Waals surface area contributed by atoms with Crippen LogP contribution < -0.4 is 10.1 Å². The van der Waals surface area contributed by atoms with Crippen LogP contribution in [-0.4, -0.2) is 36.4 Å². The Bertz CT molecular complexity index is 593. The molecule has 0 spiro atoms. The Morgan fingerprint density at radius 3 is 2.75 bits per heavy atom. The van der Waals surface area contributed by atoms with Gasteiger partial charge < -0.3 is 15.0 Å². The van der Waals surface area contributed by atoms with Crippen molar-refractivity contribution in [1.82, 2.24) is 4.90 Å². The van der Waals surface area contributed by atoms with Crippen molar-refractivity contribution in [3.63, 3.8) is 0 Å². The standard InChI is InChI=1S/C19H28N2O3/c1-5-24-16-10-6-9-15(12-16)20-17(22)14-8-7-11-21(13-14)18(23)19(2,3)4/h6,9-10,12,14H,5,7-8,11,13H2,1-4H3,(H,20,22). The second-order valence-corrected chi connectivity index (χ2v) is 7.29. The molecule has 1 unspecified atom stereocenters. The Hall–Kier alpha value is -2.04. The van der Waals surface area contributed by atoms with Gasteiger partial charge in [0.05, 0.1) is 12.5 Å². The number of benzene rings is 1. The Morgan fingerprint density at radius 1 is 1.33 bits per heavy atom. The molecule has 1 aromatic carbocycles. The van der Waals surface area contributed by atoms with E-state index in [4.69, 9.17) is 4.74 Å². The van der Waals surface area contributed by atoms with E-state index in [9.17, 15) is 9.59 Å². The van der Waals surface area contributed by atoms with E-state index >= 15 is 0 Å². The Kier molecular flexibility index (Phi) is 5.86. The van der Waals surface area contributed by atoms with Gasteiger partial charge in [-0.25, -0.2) is 0 Å². The third kappa shape index (κ3) is 4.73. The molecular formula is C19H28N2O3. The van der Waals surface area contributed by atoms with Gasteiger partial charge in [-0.15, -0.1) is 0 Å². The molecule has 0 bridgehead atoms. The highest BCUT2D eigenvalue weighted by Gasteiger charge is 2.33. The van der Waals surface area contributed by atoms with Crippen molar-refractivity contribution in [3.05, 3.63) is 24.3 Å². The summed E-state index contributed by atoms with van der Waals surface area (Å²) in [6, 6.07) is 7.39. The van der Waals surface area contributed by atoms with Crippen molar-refractivity contribution in [1.29, 1.82) is 0 Å². The number of amides is 2. The van der Waals surface area contributed by atoms with Crippen LogP contribution in [0.15, 0.2) is 24.3 Å². The number of hydrogen-bond donors (Lipinski definition) is 1. The zero-order valence-electron chi connectivity index (χ0n) is 15.1. The van der Waals surface area contributed by atoms with E-state index < -0.39 is 5.41 Å². The van der Waals surface area contributed by atoms with E-state index in [0.29, 0.717) is 13.2 Å². The molecule has 1 N–H and O–H groups in total. The lowest BCUT2D eigenvalue weighted by Gasteiger charge is -2.35. The molecule has 132 valence electrons. The van der Waals surface area contributed by atoms with Crippen molar-refractivity contribution in [2.75, 3.05) is 25.0 Å². The molecule has 1 saturated heterocycles. The third-order valence-corrected chi connectivity index (χ3v) is 4.13. The van der Waals surface area contributed by atoms with E-state index in [1.165, 1.54) is 0 Å². The Morgan fingerprint density at radius 2 is 2.08 bits per heavy atom. The van der Waals surface area contributed by atoms with Crippen molar-refractivity contribution in [3.8, 4) is 5.75 Å². The molecule has 2 amide bonds. The van der Waals surface area contributed by atoms with Crippen molar-refractivity contribution in [2.45, 2.75) is 40.5 Å². The topological polar surface area (TPSA) is 58.6 Å². The molecule has 0 aliphatic carbocycles. The smallest absolute Gasteiger partial charge is 0.229 e. The van der Waals surface area contributed by atoms with Crippen molar-refractivity contribution >= 4 is 17.5 Å². The molecule has 5 nitrogen and oxygen atoms in total. The summed E-state index contributed by atoms with van der Waals surface area (Å²) in [5.41, 5.74) is 0.315. The number of nitrogens with one attached hydrogen (secondary N) is 1. The average molecular weight is 332 g/mol. The second-order valence-electron chi connectivity index (χ2n) is 7.29. The monoisotopic (exact) mass is 332 g/mol. The number of piperidine rings is 1. The number of likely N-dealkylation sites (tertiary alicyclic amines) is 1. The summed E-state index contributed by atoms with van der Waals surface area (Å²) in [6.07, 6.45) is 1.67. The van der Waals surface area contributed by atoms with Crippen LogP contribution in [0.5, 0.6) is 5.75 Å². The Labute approximate surface area is 144 Å². The number of nitrogens with zero attached hydrogens (tertiary/aromatic N) is 1. The highest BCUT2D eigenvalue weighted by Crippen LogP contribution is 2.25. The first-order chi connectivity index (χ1) is 11.3. The van der Waals surface area contributed by atoms with Gasteiger partial charge in [-0.3, -0.25) is 9.59 Å². The summed E-state index contributed by atoms with van der Waals surface area (Å²) >= 11 is 0. The van der Waals surface area contributed by atoms with Gasteiger partial charge in [-0.1, -0.05) is 26.8 Å². The van der Waals surface area contributed by atoms with Crippen LogP contribution in [0.3, 0.4) is 0 Å². The van der Waals surface area contributed by atoms with E-state index in [-0.39, 0.29) is 17.7 Å². The molecular weight excluding hydrogens is 304 g/mol. The maximum atomic E-state index is 12.6. The molecule has 1 aromatic rings. The Balaban J connectivity index is 1.99. The molecule has 1 atom stereocenters. The predicted octanol–water partition coefficient (Wildman–Crippen LogP) is 3.31. The predicted molar refractivity (Wildman–Crippen MR) is 95.0 cm³/mol. The molecule has 2 rings (SSSR count). The first kappa shape index (κ1) is 18.3. The van der Waals surface area contributed by atoms with Crippen LogP contribution in [0, 0.1) is 11.3 Å². The lowest BCUT2D eigenvalue weighted by molar-refractivity contribution is -0.142. The van der Waals surface area contributed by atoms with Gasteiger partial charge in [0.15, 0.2) is 0 Å². The summed E-state index contributed by atoms with van der Waals surface area (Å²) in [6.45, 7) is 9.49. The van der Waals surface area contributed by atoms with Crippen LogP contribution in [-0.2, 0) is 9.59 Å². The molecule has 1 heterocycles. The molecule has 24 heavy (non-hydrogen) atoms. The summed E-state index contributed by atoms with van der Waals surface area (Å²) < 4.78 is 5.46. The molecule has 0 radical (unpaired) electrons. The number of rotatable bonds is 4. The SMILES string of the molecule is CCOc1cccc(NC(=O)C2CCCN(C(=O)C(C)(C)C)C2)c1. The lowest BCUT2D eigenvalue weighted by Crippen LogP contribution is -2.47. The molecule has 0 aromatic heterocycles. The number of carbonyl (C=O) groups is 2. The van der Waals surface area contributed by atoms with Gasteiger partial charge in [0.25, 0.3) is 0 Å². The first-order valence-electron chi connectivity index (χ1n) is 8.64. The average Bonchev–Trinajstić information content (AvgIpc) is 2.54. The van der Waals surface area contributed by atoms with Gasteiger partial charge in [-0.05, 0) is 31.9 Å². The largest absolute Gasteiger partial charge is 0.494 e. The van der Waals surface area contributed by atoms with Crippen LogP contribution >= 0.6 is 0 Å². The van der Waals surface area contributed by atoms with E-state index in [1.54, 1.807) is 0 Å². The fraction of sp³-hybridized carbons (Fsp3) is 0.579. The maximum Gasteiger partial charge on any atom is 0.229 e. The fourth-order valence-corrected chi connectivity index (χ4v) is 2.92. The van der Waals surface area contributed by atoms with E-state index in [1.807, 2.05) is 56.9 Å². The molecule has 5 heteroatoms. The fourth-order valence-electron chi connectivity index (χ4n) is 2.92. The number of ether oxygens (including phenoxy) is 1. The summed E-state index contributed by atoms with van der Waals surface area (Å²) in [5, 5.41) is 2.95. The van der Waals surface area contributed by atoms with Gasteiger partial charge in [-0.2, -0.15) is 0 Å². The van der Waals surface area contributed by atoms with Crippen LogP contribution in [0.4, 0.5) is 5.69 Å². The molecule has 1 aliphatic rings. The zero-order valence-corrected chi connectivity index (χ0v) is 15.1. The van der Waals surface area contributed by atoms with Gasteiger partial charge in [0.1, 0.15) is 5.75 Å². The minimum atomic E-state index is -0.413. The normalized spacial score (nSPS) is 18.2. The van der Waals surface area contributed by atoms with Crippen LogP contribution in [0.2, 0.25) is 0 Å². The minimum absolute atomic E-state index is 0.0324. The number of hydrogen-bond acceptors (Lipinski definition) is 3. The first-order valence-corrected chi connectivity index (χ1v) is 8.64. The van der Waals surface area contributed by atoms with Crippen molar-refractivity contribution in [2.24, 2.45) is 11.3 Å². The summed E-state index contributed by atoms with van der Waals surface area (Å²) in [7, 11) is 0. The van der Waals surface area contributed by atoms with Gasteiger partial charge in [0, 0.05) is 30.3 Å².